The third-order valence-electron chi connectivity index (χ3n) is 4.62. The zero-order chi connectivity index (χ0) is 20.3. The molecule has 0 fully saturated rings. The maximum absolute atomic E-state index is 12.8. The molecule has 0 aliphatic rings. The van der Waals surface area contributed by atoms with Gasteiger partial charge in [0, 0.05) is 31.3 Å². The lowest BCUT2D eigenvalue weighted by Crippen LogP contribution is -2.29. The molecule has 1 heterocycles. The maximum Gasteiger partial charge on any atom is 0.257 e. The summed E-state index contributed by atoms with van der Waals surface area (Å²) in [7, 11) is -1.55. The SMILES string of the molecule is CC(c1ccc(S(C)(=O)=O)cc1)N(C)C(=O)c1cnc(-c2ccccc2)nc1. The van der Waals surface area contributed by atoms with E-state index in [1.54, 1.807) is 36.2 Å². The van der Waals surface area contributed by atoms with Gasteiger partial charge in [0.05, 0.1) is 16.5 Å². The van der Waals surface area contributed by atoms with Gasteiger partial charge in [-0.2, -0.15) is 0 Å². The summed E-state index contributed by atoms with van der Waals surface area (Å²) in [6.45, 7) is 1.88. The van der Waals surface area contributed by atoms with Gasteiger partial charge in [0.15, 0.2) is 15.7 Å². The minimum Gasteiger partial charge on any atom is -0.335 e. The van der Waals surface area contributed by atoms with Crippen molar-refractivity contribution in [3.05, 3.63) is 78.1 Å². The van der Waals surface area contributed by atoms with Crippen molar-refractivity contribution in [1.29, 1.82) is 0 Å². The molecule has 28 heavy (non-hydrogen) atoms. The quantitative estimate of drug-likeness (QED) is 0.662. The van der Waals surface area contributed by atoms with E-state index < -0.39 is 9.84 Å². The predicted molar refractivity (Wildman–Crippen MR) is 108 cm³/mol. The van der Waals surface area contributed by atoms with E-state index in [0.29, 0.717) is 11.4 Å². The normalized spacial score (nSPS) is 12.4. The summed E-state index contributed by atoms with van der Waals surface area (Å²) in [6.07, 6.45) is 4.21. The smallest absolute Gasteiger partial charge is 0.257 e. The van der Waals surface area contributed by atoms with Crippen LogP contribution in [0.1, 0.15) is 28.9 Å². The van der Waals surface area contributed by atoms with Crippen LogP contribution in [0.2, 0.25) is 0 Å². The Morgan fingerprint density at radius 3 is 2.07 bits per heavy atom. The van der Waals surface area contributed by atoms with Crippen LogP contribution in [0.3, 0.4) is 0 Å². The van der Waals surface area contributed by atoms with Gasteiger partial charge in [-0.3, -0.25) is 4.79 Å². The molecule has 1 unspecified atom stereocenters. The number of nitrogens with zero attached hydrogens (tertiary/aromatic N) is 3. The fraction of sp³-hybridized carbons (Fsp3) is 0.190. The maximum atomic E-state index is 12.8. The minimum absolute atomic E-state index is 0.209. The Kier molecular flexibility index (Phi) is 5.56. The van der Waals surface area contributed by atoms with Gasteiger partial charge in [-0.1, -0.05) is 42.5 Å². The lowest BCUT2D eigenvalue weighted by atomic mass is 10.1. The van der Waals surface area contributed by atoms with E-state index >= 15 is 0 Å². The Hall–Kier alpha value is -3.06. The first-order chi connectivity index (χ1) is 13.3. The molecule has 0 N–H and O–H groups in total. The van der Waals surface area contributed by atoms with E-state index in [1.807, 2.05) is 37.3 Å². The third-order valence-corrected chi connectivity index (χ3v) is 5.75. The lowest BCUT2D eigenvalue weighted by molar-refractivity contribution is 0.0741. The Labute approximate surface area is 164 Å². The number of amides is 1. The molecule has 6 nitrogen and oxygen atoms in total. The van der Waals surface area contributed by atoms with E-state index in [4.69, 9.17) is 0 Å². The topological polar surface area (TPSA) is 80.2 Å². The molecule has 0 spiro atoms. The number of benzene rings is 2. The average molecular weight is 395 g/mol. The molecule has 1 amide bonds. The third kappa shape index (κ3) is 4.26. The fourth-order valence-corrected chi connectivity index (χ4v) is 3.40. The number of sulfone groups is 1. The highest BCUT2D eigenvalue weighted by Crippen LogP contribution is 2.22. The highest BCUT2D eigenvalue weighted by molar-refractivity contribution is 7.90. The van der Waals surface area contributed by atoms with E-state index in [0.717, 1.165) is 11.1 Å². The molecule has 1 aromatic heterocycles. The van der Waals surface area contributed by atoms with Crippen LogP contribution in [-0.2, 0) is 9.84 Å². The number of aromatic nitrogens is 2. The second-order valence-corrected chi connectivity index (χ2v) is 8.61. The molecule has 3 aromatic rings. The van der Waals surface area contributed by atoms with Crippen LogP contribution in [0.25, 0.3) is 11.4 Å². The van der Waals surface area contributed by atoms with Gasteiger partial charge in [-0.25, -0.2) is 18.4 Å². The fourth-order valence-electron chi connectivity index (χ4n) is 2.77. The first-order valence-corrected chi connectivity index (χ1v) is 10.6. The molecule has 7 heteroatoms. The van der Waals surface area contributed by atoms with Crippen LogP contribution in [0.4, 0.5) is 0 Å². The van der Waals surface area contributed by atoms with Gasteiger partial charge < -0.3 is 4.90 Å². The predicted octanol–water partition coefficient (Wildman–Crippen LogP) is 3.38. The largest absolute Gasteiger partial charge is 0.335 e. The van der Waals surface area contributed by atoms with Crippen molar-refractivity contribution >= 4 is 15.7 Å². The first kappa shape index (κ1) is 19.7. The van der Waals surface area contributed by atoms with Gasteiger partial charge in [0.2, 0.25) is 0 Å². The van der Waals surface area contributed by atoms with E-state index in [2.05, 4.69) is 9.97 Å². The standard InChI is InChI=1S/C21H21N3O3S/c1-15(16-9-11-19(12-10-16)28(3,26)27)24(2)21(25)18-13-22-20(23-14-18)17-7-5-4-6-8-17/h4-15H,1-3H3. The molecule has 2 aromatic carbocycles. The molecule has 144 valence electrons. The summed E-state index contributed by atoms with van der Waals surface area (Å²) in [5, 5.41) is 0. The number of carbonyl (C=O) groups is 1. The van der Waals surface area contributed by atoms with Crippen LogP contribution in [0.15, 0.2) is 71.9 Å². The van der Waals surface area contributed by atoms with Crippen LogP contribution < -0.4 is 0 Å². The average Bonchev–Trinajstić information content (AvgIpc) is 2.72. The molecule has 0 bridgehead atoms. The van der Waals surface area contributed by atoms with Crippen molar-refractivity contribution < 1.29 is 13.2 Å². The van der Waals surface area contributed by atoms with Gasteiger partial charge in [0.1, 0.15) is 0 Å². The van der Waals surface area contributed by atoms with E-state index in [9.17, 15) is 13.2 Å². The van der Waals surface area contributed by atoms with Crippen LogP contribution >= 0.6 is 0 Å². The summed E-state index contributed by atoms with van der Waals surface area (Å²) in [4.78, 5) is 23.2. The summed E-state index contributed by atoms with van der Waals surface area (Å²) in [5.74, 6) is 0.350. The van der Waals surface area contributed by atoms with Crippen molar-refractivity contribution in [3.8, 4) is 11.4 Å². The minimum atomic E-state index is -3.25. The van der Waals surface area contributed by atoms with Crippen LogP contribution in [0.5, 0.6) is 0 Å². The molecular weight excluding hydrogens is 374 g/mol. The number of rotatable bonds is 5. The highest BCUT2D eigenvalue weighted by atomic mass is 32.2. The van der Waals surface area contributed by atoms with Gasteiger partial charge in [0.25, 0.3) is 5.91 Å². The Balaban J connectivity index is 1.76. The molecule has 1 atom stereocenters. The molecule has 0 aliphatic carbocycles. The van der Waals surface area contributed by atoms with Crippen molar-refractivity contribution in [1.82, 2.24) is 14.9 Å². The number of hydrogen-bond acceptors (Lipinski definition) is 5. The zero-order valence-electron chi connectivity index (χ0n) is 15.9. The van der Waals surface area contributed by atoms with Crippen molar-refractivity contribution in [2.24, 2.45) is 0 Å². The molecular formula is C21H21N3O3S. The number of carbonyl (C=O) groups excluding carboxylic acids is 1. The van der Waals surface area contributed by atoms with Gasteiger partial charge in [-0.15, -0.1) is 0 Å². The second-order valence-electron chi connectivity index (χ2n) is 6.59. The monoisotopic (exact) mass is 395 g/mol. The van der Waals surface area contributed by atoms with Crippen molar-refractivity contribution in [2.45, 2.75) is 17.9 Å². The molecule has 0 aliphatic heterocycles. The summed E-state index contributed by atoms with van der Waals surface area (Å²) >= 11 is 0. The molecule has 0 saturated heterocycles. The molecule has 0 saturated carbocycles. The Bertz CT molecular complexity index is 1060. The molecule has 0 radical (unpaired) electrons. The zero-order valence-corrected chi connectivity index (χ0v) is 16.7. The van der Waals surface area contributed by atoms with Crippen molar-refractivity contribution in [3.63, 3.8) is 0 Å². The summed E-state index contributed by atoms with van der Waals surface area (Å²) in [6, 6.07) is 15.9. The van der Waals surface area contributed by atoms with Gasteiger partial charge >= 0.3 is 0 Å². The highest BCUT2D eigenvalue weighted by Gasteiger charge is 2.20. The summed E-state index contributed by atoms with van der Waals surface area (Å²) < 4.78 is 23.2. The number of hydrogen-bond donors (Lipinski definition) is 0. The van der Waals surface area contributed by atoms with Crippen LogP contribution in [-0.4, -0.2) is 42.5 Å². The molecule has 3 rings (SSSR count). The Morgan fingerprint density at radius 1 is 0.964 bits per heavy atom. The second kappa shape index (κ2) is 7.90. The summed E-state index contributed by atoms with van der Waals surface area (Å²) in [5.41, 5.74) is 2.11. The lowest BCUT2D eigenvalue weighted by Gasteiger charge is -2.25. The van der Waals surface area contributed by atoms with E-state index in [-0.39, 0.29) is 16.8 Å². The van der Waals surface area contributed by atoms with E-state index in [1.165, 1.54) is 18.6 Å². The van der Waals surface area contributed by atoms with Crippen molar-refractivity contribution in [2.75, 3.05) is 13.3 Å². The van der Waals surface area contributed by atoms with Gasteiger partial charge in [-0.05, 0) is 24.6 Å². The van der Waals surface area contributed by atoms with Crippen LogP contribution in [0, 0.1) is 0 Å². The Morgan fingerprint density at radius 2 is 1.54 bits per heavy atom. The first-order valence-electron chi connectivity index (χ1n) is 8.72.